The lowest BCUT2D eigenvalue weighted by atomic mass is 9.85. The van der Waals surface area contributed by atoms with Crippen molar-refractivity contribution >= 4 is 17.0 Å². The van der Waals surface area contributed by atoms with E-state index in [1.54, 1.807) is 34.1 Å². The number of alkyl halides is 2. The Morgan fingerprint density at radius 2 is 1.82 bits per heavy atom. The molecule has 222 valence electrons. The average molecular weight is 596 g/mol. The Balaban J connectivity index is 1.08. The van der Waals surface area contributed by atoms with Crippen LogP contribution in [0.4, 0.5) is 8.78 Å². The van der Waals surface area contributed by atoms with E-state index in [2.05, 4.69) is 30.5 Å². The molecule has 1 saturated heterocycles. The molecule has 4 aromatic heterocycles. The molecule has 13 heteroatoms. The summed E-state index contributed by atoms with van der Waals surface area (Å²) in [5, 5.41) is 15.7. The molecular formula is C31H27F2N9O2. The maximum atomic E-state index is 13.5. The van der Waals surface area contributed by atoms with Gasteiger partial charge in [-0.15, -0.1) is 10.2 Å². The lowest BCUT2D eigenvalue weighted by Crippen LogP contribution is -2.41. The number of tetrazole rings is 1. The molecule has 0 aliphatic carbocycles. The van der Waals surface area contributed by atoms with Crippen LogP contribution >= 0.6 is 0 Å². The summed E-state index contributed by atoms with van der Waals surface area (Å²) >= 11 is 0. The first-order valence-corrected chi connectivity index (χ1v) is 14.2. The van der Waals surface area contributed by atoms with Gasteiger partial charge in [0.1, 0.15) is 17.3 Å². The molecule has 44 heavy (non-hydrogen) atoms. The molecule has 1 amide bonds. The van der Waals surface area contributed by atoms with Crippen molar-refractivity contribution in [2.45, 2.75) is 25.3 Å². The van der Waals surface area contributed by atoms with Gasteiger partial charge in [0.2, 0.25) is 11.7 Å². The van der Waals surface area contributed by atoms with Crippen molar-refractivity contribution in [1.29, 1.82) is 0 Å². The summed E-state index contributed by atoms with van der Waals surface area (Å²) < 4.78 is 34.2. The van der Waals surface area contributed by atoms with Gasteiger partial charge in [-0.25, -0.2) is 13.8 Å². The van der Waals surface area contributed by atoms with Gasteiger partial charge < -0.3 is 9.32 Å². The highest BCUT2D eigenvalue weighted by atomic mass is 19.3. The molecule has 6 aromatic rings. The number of likely N-dealkylation sites (tertiary alicyclic amines) is 1. The molecule has 7 rings (SSSR count). The smallest absolute Gasteiger partial charge is 0.301 e. The summed E-state index contributed by atoms with van der Waals surface area (Å²) in [6, 6.07) is 18.4. The van der Waals surface area contributed by atoms with Crippen molar-refractivity contribution < 1.29 is 18.0 Å². The predicted octanol–water partition coefficient (Wildman–Crippen LogP) is 5.36. The number of rotatable bonds is 7. The number of aromatic nitrogens is 8. The zero-order valence-corrected chi connectivity index (χ0v) is 23.7. The Labute approximate surface area is 250 Å². The van der Waals surface area contributed by atoms with Crippen molar-refractivity contribution in [3.63, 3.8) is 0 Å². The van der Waals surface area contributed by atoms with Gasteiger partial charge in [-0.05, 0) is 59.4 Å². The molecule has 0 N–H and O–H groups in total. The summed E-state index contributed by atoms with van der Waals surface area (Å²) in [6.07, 6.45) is 3.75. The third-order valence-corrected chi connectivity index (χ3v) is 7.95. The van der Waals surface area contributed by atoms with Crippen LogP contribution in [0.1, 0.15) is 47.2 Å². The van der Waals surface area contributed by atoms with Crippen molar-refractivity contribution in [3.8, 4) is 22.6 Å². The molecule has 0 radical (unpaired) electrons. The van der Waals surface area contributed by atoms with E-state index in [4.69, 9.17) is 4.42 Å². The van der Waals surface area contributed by atoms with E-state index in [1.165, 1.54) is 4.80 Å². The number of oxazole rings is 1. The zero-order valence-electron chi connectivity index (χ0n) is 23.7. The predicted molar refractivity (Wildman–Crippen MR) is 155 cm³/mol. The van der Waals surface area contributed by atoms with Crippen molar-refractivity contribution in [1.82, 2.24) is 44.9 Å². The van der Waals surface area contributed by atoms with E-state index in [0.717, 1.165) is 16.7 Å². The second-order valence-electron chi connectivity index (χ2n) is 10.8. The number of carbonyl (C=O) groups excluding carboxylic acids is 1. The van der Waals surface area contributed by atoms with Crippen LogP contribution in [0, 0.1) is 5.92 Å². The minimum absolute atomic E-state index is 0.0109. The zero-order chi connectivity index (χ0) is 30.2. The molecule has 0 bridgehead atoms. The van der Waals surface area contributed by atoms with Crippen LogP contribution in [0.2, 0.25) is 0 Å². The lowest BCUT2D eigenvalue weighted by molar-refractivity contribution is 0.0657. The third-order valence-electron chi connectivity index (χ3n) is 7.95. The van der Waals surface area contributed by atoms with Crippen LogP contribution in [0.5, 0.6) is 0 Å². The number of aryl methyl sites for hydroxylation is 1. The number of nitrogens with zero attached hydrogens (tertiary/aromatic N) is 9. The summed E-state index contributed by atoms with van der Waals surface area (Å²) in [7, 11) is 1.87. The number of benzene rings is 2. The van der Waals surface area contributed by atoms with Crippen molar-refractivity contribution in [2.24, 2.45) is 13.0 Å². The summed E-state index contributed by atoms with van der Waals surface area (Å²) in [6.45, 7) is 0.935. The molecule has 0 saturated carbocycles. The first-order chi connectivity index (χ1) is 21.4. The number of pyridine rings is 1. The van der Waals surface area contributed by atoms with Gasteiger partial charge >= 0.3 is 6.43 Å². The maximum Gasteiger partial charge on any atom is 0.301 e. The van der Waals surface area contributed by atoms with Gasteiger partial charge in [0.05, 0.1) is 6.20 Å². The summed E-state index contributed by atoms with van der Waals surface area (Å²) in [5.41, 5.74) is 5.12. The second kappa shape index (κ2) is 11.4. The van der Waals surface area contributed by atoms with Gasteiger partial charge in [-0.3, -0.25) is 14.5 Å². The number of hydrogen-bond acceptors (Lipinski definition) is 8. The van der Waals surface area contributed by atoms with E-state index in [1.807, 2.05) is 61.8 Å². The van der Waals surface area contributed by atoms with Gasteiger partial charge in [0.25, 0.3) is 5.91 Å². The average Bonchev–Trinajstić information content (AvgIpc) is 3.82. The standard InChI is InChI=1S/C31H27F2N9O2/c1-40-18-23(17-35-40)21-7-8-26-24(15-21)36-30(44-26)22-9-12-34-25(16-22)31(43)41-13-10-20(11-14-41)27(19-5-3-2-4-6-19)42-38-29(28(32)33)37-39-42/h2-9,12,15-18,20,27-28H,10-11,13-14H2,1H3/t27-/m1/s1. The Bertz CT molecular complexity index is 1930. The lowest BCUT2D eigenvalue weighted by Gasteiger charge is -2.35. The molecule has 1 atom stereocenters. The first-order valence-electron chi connectivity index (χ1n) is 14.2. The highest BCUT2D eigenvalue weighted by molar-refractivity contribution is 5.93. The van der Waals surface area contributed by atoms with Gasteiger partial charge in [0, 0.05) is 43.7 Å². The third kappa shape index (κ3) is 5.32. The number of amides is 1. The SMILES string of the molecule is Cn1cc(-c2ccc3oc(-c4ccnc(C(=O)N5CCC([C@@H](c6ccccc6)n6nnc(C(F)F)n6)CC5)c4)nc3c2)cn1. The Morgan fingerprint density at radius 3 is 2.55 bits per heavy atom. The molecule has 1 fully saturated rings. The fourth-order valence-electron chi connectivity index (χ4n) is 5.75. The van der Waals surface area contributed by atoms with Crippen molar-refractivity contribution in [2.75, 3.05) is 13.1 Å². The van der Waals surface area contributed by atoms with Crippen molar-refractivity contribution in [3.05, 3.63) is 96.3 Å². The molecule has 11 nitrogen and oxygen atoms in total. The Morgan fingerprint density at radius 1 is 1.00 bits per heavy atom. The molecule has 0 spiro atoms. The molecular weight excluding hydrogens is 568 g/mol. The Hall–Kier alpha value is -5.33. The normalized spacial score (nSPS) is 14.9. The van der Waals surface area contributed by atoms with E-state index in [-0.39, 0.29) is 17.9 Å². The van der Waals surface area contributed by atoms with E-state index in [0.29, 0.717) is 54.2 Å². The van der Waals surface area contributed by atoms with E-state index in [9.17, 15) is 13.6 Å². The number of carbonyl (C=O) groups is 1. The number of fused-ring (bicyclic) bond motifs is 1. The topological polar surface area (TPSA) is 121 Å². The van der Waals surface area contributed by atoms with Crippen LogP contribution in [-0.2, 0) is 7.05 Å². The fourth-order valence-corrected chi connectivity index (χ4v) is 5.75. The first kappa shape index (κ1) is 27.5. The maximum absolute atomic E-state index is 13.5. The van der Waals surface area contributed by atoms with Crippen LogP contribution in [0.15, 0.2) is 83.7 Å². The van der Waals surface area contributed by atoms with Crippen LogP contribution in [-0.4, -0.2) is 63.9 Å². The Kier molecular flexibility index (Phi) is 7.12. The monoisotopic (exact) mass is 595 g/mol. The number of halogens is 2. The molecule has 0 unspecified atom stereocenters. The fraction of sp³-hybridized carbons (Fsp3) is 0.258. The minimum atomic E-state index is -2.80. The van der Waals surface area contributed by atoms with Gasteiger partial charge in [-0.1, -0.05) is 36.4 Å². The van der Waals surface area contributed by atoms with E-state index >= 15 is 0 Å². The minimum Gasteiger partial charge on any atom is -0.436 e. The second-order valence-corrected chi connectivity index (χ2v) is 10.8. The molecule has 1 aliphatic heterocycles. The molecule has 1 aliphatic rings. The molecule has 2 aromatic carbocycles. The number of piperidine rings is 1. The van der Waals surface area contributed by atoms with Crippen LogP contribution in [0.25, 0.3) is 33.7 Å². The summed E-state index contributed by atoms with van der Waals surface area (Å²) in [4.78, 5) is 25.6. The van der Waals surface area contributed by atoms with Crippen LogP contribution < -0.4 is 0 Å². The quantitative estimate of drug-likeness (QED) is 0.242. The van der Waals surface area contributed by atoms with E-state index < -0.39 is 12.2 Å². The summed E-state index contributed by atoms with van der Waals surface area (Å²) in [5.74, 6) is -0.391. The van der Waals surface area contributed by atoms with Crippen LogP contribution in [0.3, 0.4) is 0 Å². The van der Waals surface area contributed by atoms with Gasteiger partial charge in [-0.2, -0.15) is 9.90 Å². The highest BCUT2D eigenvalue weighted by Gasteiger charge is 2.33. The number of hydrogen-bond donors (Lipinski definition) is 0. The molecule has 5 heterocycles. The highest BCUT2D eigenvalue weighted by Crippen LogP contribution is 2.34. The largest absolute Gasteiger partial charge is 0.436 e. The van der Waals surface area contributed by atoms with Gasteiger partial charge in [0.15, 0.2) is 5.58 Å².